The second kappa shape index (κ2) is 8.86. The molecule has 0 aliphatic carbocycles. The van der Waals surface area contributed by atoms with E-state index in [-0.39, 0.29) is 16.7 Å². The van der Waals surface area contributed by atoms with Gasteiger partial charge in [0.15, 0.2) is 0 Å². The fourth-order valence-corrected chi connectivity index (χ4v) is 5.23. The van der Waals surface area contributed by atoms with Crippen molar-refractivity contribution >= 4 is 27.3 Å². The van der Waals surface area contributed by atoms with Crippen molar-refractivity contribution in [1.29, 1.82) is 0 Å². The van der Waals surface area contributed by atoms with Crippen molar-refractivity contribution < 1.29 is 17.9 Å². The lowest BCUT2D eigenvalue weighted by atomic mass is 9.97. The third kappa shape index (κ3) is 4.88. The molecule has 0 radical (unpaired) electrons. The van der Waals surface area contributed by atoms with Gasteiger partial charge in [0, 0.05) is 23.9 Å². The van der Waals surface area contributed by atoms with Crippen molar-refractivity contribution in [1.82, 2.24) is 9.62 Å². The molecule has 0 unspecified atom stereocenters. The van der Waals surface area contributed by atoms with Crippen LogP contribution in [-0.4, -0.2) is 38.3 Å². The van der Waals surface area contributed by atoms with Crippen LogP contribution >= 0.6 is 11.3 Å². The predicted octanol–water partition coefficient (Wildman–Crippen LogP) is 2.86. The summed E-state index contributed by atoms with van der Waals surface area (Å²) < 4.78 is 32.4. The topological polar surface area (TPSA) is 75.7 Å². The highest BCUT2D eigenvalue weighted by Crippen LogP contribution is 2.25. The maximum atomic E-state index is 12.8. The van der Waals surface area contributed by atoms with E-state index in [9.17, 15) is 13.2 Å². The number of piperidine rings is 1. The van der Waals surface area contributed by atoms with Gasteiger partial charge in [-0.2, -0.15) is 4.31 Å². The van der Waals surface area contributed by atoms with Crippen molar-refractivity contribution in [2.45, 2.75) is 31.2 Å². The Morgan fingerprint density at radius 1 is 1.22 bits per heavy atom. The van der Waals surface area contributed by atoms with Crippen molar-refractivity contribution in [2.24, 2.45) is 5.92 Å². The lowest BCUT2D eigenvalue weighted by Gasteiger charge is -2.30. The standard InChI is InChI=1S/C19H24N2O4S2/c1-2-25-16-5-7-18(8-6-16)27(23,24)21-11-9-15(10-12-21)19(22)20-14-17-4-3-13-26-17/h3-8,13,15H,2,9-12,14H2,1H3,(H,20,22). The SMILES string of the molecule is CCOc1ccc(S(=O)(=O)N2CCC(C(=O)NCc3cccs3)CC2)cc1. The first-order chi connectivity index (χ1) is 13.0. The molecule has 1 amide bonds. The number of carbonyl (C=O) groups is 1. The lowest BCUT2D eigenvalue weighted by Crippen LogP contribution is -2.42. The molecule has 0 saturated carbocycles. The molecule has 1 saturated heterocycles. The highest BCUT2D eigenvalue weighted by atomic mass is 32.2. The number of ether oxygens (including phenoxy) is 1. The van der Waals surface area contributed by atoms with Gasteiger partial charge in [0.1, 0.15) is 5.75 Å². The van der Waals surface area contributed by atoms with Crippen LogP contribution in [0.25, 0.3) is 0 Å². The van der Waals surface area contributed by atoms with E-state index in [2.05, 4.69) is 5.32 Å². The Kier molecular flexibility index (Phi) is 6.51. The van der Waals surface area contributed by atoms with E-state index in [1.807, 2.05) is 24.4 Å². The zero-order valence-electron chi connectivity index (χ0n) is 15.3. The van der Waals surface area contributed by atoms with Gasteiger partial charge in [0.25, 0.3) is 0 Å². The highest BCUT2D eigenvalue weighted by molar-refractivity contribution is 7.89. The van der Waals surface area contributed by atoms with Gasteiger partial charge < -0.3 is 10.1 Å². The van der Waals surface area contributed by atoms with Crippen LogP contribution in [0.1, 0.15) is 24.6 Å². The molecule has 8 heteroatoms. The first-order valence-electron chi connectivity index (χ1n) is 9.04. The van der Waals surface area contributed by atoms with Crippen LogP contribution in [-0.2, 0) is 21.4 Å². The molecule has 146 valence electrons. The smallest absolute Gasteiger partial charge is 0.243 e. The number of nitrogens with one attached hydrogen (secondary N) is 1. The van der Waals surface area contributed by atoms with Crippen LogP contribution < -0.4 is 10.1 Å². The highest BCUT2D eigenvalue weighted by Gasteiger charge is 2.32. The first-order valence-corrected chi connectivity index (χ1v) is 11.4. The van der Waals surface area contributed by atoms with Crippen LogP contribution in [0.4, 0.5) is 0 Å². The fourth-order valence-electron chi connectivity index (χ4n) is 3.11. The molecule has 2 heterocycles. The third-order valence-corrected chi connectivity index (χ3v) is 7.40. The average Bonchev–Trinajstić information content (AvgIpc) is 3.20. The predicted molar refractivity (Wildman–Crippen MR) is 105 cm³/mol. The van der Waals surface area contributed by atoms with Crippen molar-refractivity contribution in [3.8, 4) is 5.75 Å². The Hall–Kier alpha value is -1.90. The summed E-state index contributed by atoms with van der Waals surface area (Å²) in [6, 6.07) is 10.4. The van der Waals surface area contributed by atoms with Crippen molar-refractivity contribution in [3.63, 3.8) is 0 Å². The van der Waals surface area contributed by atoms with Gasteiger partial charge in [-0.05, 0) is 55.5 Å². The van der Waals surface area contributed by atoms with Gasteiger partial charge in [0.05, 0.1) is 18.0 Å². The van der Waals surface area contributed by atoms with Crippen LogP contribution in [0.2, 0.25) is 0 Å². The molecule has 1 aromatic carbocycles. The number of thiophene rings is 1. The summed E-state index contributed by atoms with van der Waals surface area (Å²) >= 11 is 1.61. The Morgan fingerprint density at radius 2 is 1.93 bits per heavy atom. The van der Waals surface area contributed by atoms with Crippen LogP contribution in [0.15, 0.2) is 46.7 Å². The molecule has 1 fully saturated rings. The van der Waals surface area contributed by atoms with Crippen molar-refractivity contribution in [2.75, 3.05) is 19.7 Å². The number of nitrogens with zero attached hydrogens (tertiary/aromatic N) is 1. The molecule has 1 aliphatic heterocycles. The molecular formula is C19H24N2O4S2. The molecule has 1 aromatic heterocycles. The minimum Gasteiger partial charge on any atom is -0.494 e. The van der Waals surface area contributed by atoms with Gasteiger partial charge >= 0.3 is 0 Å². The third-order valence-electron chi connectivity index (χ3n) is 4.61. The summed E-state index contributed by atoms with van der Waals surface area (Å²) in [5, 5.41) is 4.93. The van der Waals surface area contributed by atoms with E-state index in [0.29, 0.717) is 44.8 Å². The number of hydrogen-bond acceptors (Lipinski definition) is 5. The minimum atomic E-state index is -3.54. The quantitative estimate of drug-likeness (QED) is 0.764. The Balaban J connectivity index is 1.55. The van der Waals surface area contributed by atoms with E-state index in [0.717, 1.165) is 4.88 Å². The Labute approximate surface area is 164 Å². The summed E-state index contributed by atoms with van der Waals surface area (Å²) in [6.07, 6.45) is 1.07. The summed E-state index contributed by atoms with van der Waals surface area (Å²) in [5.74, 6) is 0.510. The summed E-state index contributed by atoms with van der Waals surface area (Å²) in [6.45, 7) is 3.65. The molecule has 27 heavy (non-hydrogen) atoms. The number of rotatable bonds is 7. The molecule has 0 spiro atoms. The van der Waals surface area contributed by atoms with E-state index in [4.69, 9.17) is 4.74 Å². The molecule has 1 aliphatic rings. The van der Waals surface area contributed by atoms with Gasteiger partial charge in [-0.1, -0.05) is 6.07 Å². The Morgan fingerprint density at radius 3 is 2.52 bits per heavy atom. The summed E-state index contributed by atoms with van der Waals surface area (Å²) in [5.41, 5.74) is 0. The van der Waals surface area contributed by atoms with E-state index in [1.165, 1.54) is 4.31 Å². The number of benzene rings is 1. The molecule has 6 nitrogen and oxygen atoms in total. The molecule has 0 bridgehead atoms. The number of sulfonamides is 1. The Bertz CT molecular complexity index is 840. The van der Waals surface area contributed by atoms with E-state index < -0.39 is 10.0 Å². The fraction of sp³-hybridized carbons (Fsp3) is 0.421. The average molecular weight is 409 g/mol. The van der Waals surface area contributed by atoms with E-state index >= 15 is 0 Å². The maximum Gasteiger partial charge on any atom is 0.243 e. The molecule has 1 N–H and O–H groups in total. The first kappa shape index (κ1) is 19.9. The van der Waals surface area contributed by atoms with Crippen LogP contribution in [0, 0.1) is 5.92 Å². The lowest BCUT2D eigenvalue weighted by molar-refractivity contribution is -0.126. The molecular weight excluding hydrogens is 384 g/mol. The molecule has 0 atom stereocenters. The van der Waals surface area contributed by atoms with Crippen LogP contribution in [0.3, 0.4) is 0 Å². The minimum absolute atomic E-state index is 0.00140. The maximum absolute atomic E-state index is 12.8. The number of amides is 1. The summed E-state index contributed by atoms with van der Waals surface area (Å²) in [4.78, 5) is 13.7. The number of carbonyl (C=O) groups excluding carboxylic acids is 1. The molecule has 2 aromatic rings. The zero-order valence-corrected chi connectivity index (χ0v) is 16.9. The second-order valence-electron chi connectivity index (χ2n) is 6.38. The normalized spacial score (nSPS) is 16.2. The van der Waals surface area contributed by atoms with Gasteiger partial charge in [0.2, 0.25) is 15.9 Å². The van der Waals surface area contributed by atoms with Gasteiger partial charge in [-0.25, -0.2) is 8.42 Å². The molecule has 3 rings (SSSR count). The van der Waals surface area contributed by atoms with E-state index in [1.54, 1.807) is 35.6 Å². The zero-order chi connectivity index (χ0) is 19.3. The van der Waals surface area contributed by atoms with Crippen LogP contribution in [0.5, 0.6) is 5.75 Å². The monoisotopic (exact) mass is 408 g/mol. The number of hydrogen-bond donors (Lipinski definition) is 1. The summed E-state index contributed by atoms with van der Waals surface area (Å²) in [7, 11) is -3.54. The van der Waals surface area contributed by atoms with Gasteiger partial charge in [-0.3, -0.25) is 4.79 Å². The van der Waals surface area contributed by atoms with Crippen molar-refractivity contribution in [3.05, 3.63) is 46.7 Å². The van der Waals surface area contributed by atoms with Gasteiger partial charge in [-0.15, -0.1) is 11.3 Å². The second-order valence-corrected chi connectivity index (χ2v) is 9.35. The largest absolute Gasteiger partial charge is 0.494 e.